The summed E-state index contributed by atoms with van der Waals surface area (Å²) in [7, 11) is 3.58. The number of hydrogen-bond donors (Lipinski definition) is 2. The van der Waals surface area contributed by atoms with Gasteiger partial charge < -0.3 is 20.4 Å². The average molecular weight is 557 g/mol. The normalized spacial score (nSPS) is 18.2. The van der Waals surface area contributed by atoms with Crippen molar-refractivity contribution in [1.29, 1.82) is 0 Å². The molecule has 0 spiro atoms. The van der Waals surface area contributed by atoms with Gasteiger partial charge in [-0.05, 0) is 50.3 Å². The van der Waals surface area contributed by atoms with Crippen molar-refractivity contribution in [2.45, 2.75) is 32.1 Å². The largest absolute Gasteiger partial charge is 0.369 e. The Kier molecular flexibility index (Phi) is 12.2. The molecule has 2 saturated heterocycles. The Balaban J connectivity index is 0.00000363. The third kappa shape index (κ3) is 8.42. The quantitative estimate of drug-likeness (QED) is 0.223. The van der Waals surface area contributed by atoms with Crippen LogP contribution in [0.15, 0.2) is 35.3 Å². The lowest BCUT2D eigenvalue weighted by atomic mass is 9.93. The Labute approximate surface area is 211 Å². The van der Waals surface area contributed by atoms with Crippen molar-refractivity contribution >= 4 is 41.5 Å². The molecule has 2 heterocycles. The highest BCUT2D eigenvalue weighted by atomic mass is 127. The van der Waals surface area contributed by atoms with Crippen molar-refractivity contribution in [2.24, 2.45) is 10.9 Å². The smallest absolute Gasteiger partial charge is 0.220 e. The molecule has 2 fully saturated rings. The van der Waals surface area contributed by atoms with E-state index in [-0.39, 0.29) is 29.9 Å². The topological polar surface area (TPSA) is 63.2 Å². The Morgan fingerprint density at radius 3 is 2.34 bits per heavy atom. The molecule has 180 valence electrons. The van der Waals surface area contributed by atoms with Crippen LogP contribution in [0.2, 0.25) is 0 Å². The van der Waals surface area contributed by atoms with Crippen LogP contribution in [0.5, 0.6) is 0 Å². The van der Waals surface area contributed by atoms with Crippen LogP contribution < -0.4 is 15.5 Å². The number of piperidine rings is 1. The number of amides is 1. The zero-order valence-corrected chi connectivity index (χ0v) is 22.1. The van der Waals surface area contributed by atoms with Gasteiger partial charge in [0.1, 0.15) is 0 Å². The van der Waals surface area contributed by atoms with Gasteiger partial charge in [0.2, 0.25) is 5.91 Å². The van der Waals surface area contributed by atoms with Crippen LogP contribution in [0.1, 0.15) is 32.1 Å². The molecular weight excluding hydrogens is 515 g/mol. The molecule has 0 aromatic heterocycles. The van der Waals surface area contributed by atoms with Crippen molar-refractivity contribution in [2.75, 3.05) is 71.4 Å². The lowest BCUT2D eigenvalue weighted by Crippen LogP contribution is -2.47. The second kappa shape index (κ2) is 14.6. The number of likely N-dealkylation sites (tertiary alicyclic amines) is 1. The van der Waals surface area contributed by atoms with Gasteiger partial charge in [-0.25, -0.2) is 0 Å². The Hall–Kier alpha value is -1.55. The van der Waals surface area contributed by atoms with Gasteiger partial charge in [-0.2, -0.15) is 0 Å². The fourth-order valence-corrected chi connectivity index (χ4v) is 4.57. The predicted octanol–water partition coefficient (Wildman–Crippen LogP) is 2.63. The summed E-state index contributed by atoms with van der Waals surface area (Å²) in [6, 6.07) is 10.7. The molecular formula is C24H41IN6O. The molecule has 7 nitrogen and oxygen atoms in total. The van der Waals surface area contributed by atoms with Gasteiger partial charge >= 0.3 is 0 Å². The molecule has 2 N–H and O–H groups in total. The minimum atomic E-state index is 0. The van der Waals surface area contributed by atoms with Crippen LogP contribution in [-0.2, 0) is 4.79 Å². The summed E-state index contributed by atoms with van der Waals surface area (Å²) in [5.74, 6) is 1.66. The highest BCUT2D eigenvalue weighted by Crippen LogP contribution is 2.20. The first-order valence-electron chi connectivity index (χ1n) is 11.9. The summed E-state index contributed by atoms with van der Waals surface area (Å²) >= 11 is 0. The number of carbonyl (C=O) groups is 1. The summed E-state index contributed by atoms with van der Waals surface area (Å²) in [5, 5.41) is 6.28. The Bertz CT molecular complexity index is 685. The van der Waals surface area contributed by atoms with Crippen LogP contribution in [0.25, 0.3) is 0 Å². The first-order valence-corrected chi connectivity index (χ1v) is 11.9. The van der Waals surface area contributed by atoms with Crippen LogP contribution in [0.4, 0.5) is 5.69 Å². The number of aliphatic imine (C=N–C) groups is 1. The number of para-hydroxylation sites is 1. The molecule has 1 aromatic carbocycles. The van der Waals surface area contributed by atoms with E-state index in [0.717, 1.165) is 71.0 Å². The van der Waals surface area contributed by atoms with Crippen LogP contribution in [-0.4, -0.2) is 88.1 Å². The zero-order chi connectivity index (χ0) is 21.9. The molecule has 2 aliphatic heterocycles. The standard InChI is InChI=1S/C24H40N6O.HI/c1-25-23(31)20-21-10-14-30(15-11-21)24(26-2)27-12-6-7-13-28-16-18-29(19-17-28)22-8-4-3-5-9-22;/h3-5,8-9,21H,6-7,10-20H2,1-2H3,(H,25,31)(H,26,27);1H. The number of nitrogens with zero attached hydrogens (tertiary/aromatic N) is 4. The maximum atomic E-state index is 11.6. The van der Waals surface area contributed by atoms with Crippen LogP contribution in [0.3, 0.4) is 0 Å². The summed E-state index contributed by atoms with van der Waals surface area (Å²) in [4.78, 5) is 23.5. The van der Waals surface area contributed by atoms with E-state index in [2.05, 4.69) is 60.7 Å². The monoisotopic (exact) mass is 556 g/mol. The summed E-state index contributed by atoms with van der Waals surface area (Å²) in [6.45, 7) is 8.63. The van der Waals surface area contributed by atoms with Gasteiger partial charge in [-0.1, -0.05) is 18.2 Å². The minimum absolute atomic E-state index is 0. The molecule has 0 unspecified atom stereocenters. The molecule has 8 heteroatoms. The van der Waals surface area contributed by atoms with E-state index in [0.29, 0.717) is 12.3 Å². The van der Waals surface area contributed by atoms with E-state index in [1.54, 1.807) is 7.05 Å². The zero-order valence-electron chi connectivity index (χ0n) is 19.8. The molecule has 0 atom stereocenters. The lowest BCUT2D eigenvalue weighted by Gasteiger charge is -2.36. The second-order valence-electron chi connectivity index (χ2n) is 8.65. The maximum Gasteiger partial charge on any atom is 0.220 e. The number of guanidine groups is 1. The van der Waals surface area contributed by atoms with Crippen molar-refractivity contribution in [3.05, 3.63) is 30.3 Å². The number of piperazine rings is 1. The molecule has 0 bridgehead atoms. The van der Waals surface area contributed by atoms with Crippen molar-refractivity contribution in [3.8, 4) is 0 Å². The molecule has 0 radical (unpaired) electrons. The fourth-order valence-electron chi connectivity index (χ4n) is 4.57. The van der Waals surface area contributed by atoms with Gasteiger partial charge in [0.25, 0.3) is 0 Å². The minimum Gasteiger partial charge on any atom is -0.369 e. The summed E-state index contributed by atoms with van der Waals surface area (Å²) in [5.41, 5.74) is 1.34. The number of benzene rings is 1. The van der Waals surface area contributed by atoms with Gasteiger partial charge in [-0.3, -0.25) is 14.7 Å². The lowest BCUT2D eigenvalue weighted by molar-refractivity contribution is -0.121. The molecule has 2 aliphatic rings. The number of carbonyl (C=O) groups excluding carboxylic acids is 1. The predicted molar refractivity (Wildman–Crippen MR) is 144 cm³/mol. The number of hydrogen-bond acceptors (Lipinski definition) is 4. The molecule has 0 aliphatic carbocycles. The molecule has 1 aromatic rings. The van der Waals surface area contributed by atoms with Crippen molar-refractivity contribution in [3.63, 3.8) is 0 Å². The first kappa shape index (κ1) is 26.7. The number of rotatable bonds is 8. The SMILES string of the molecule is CN=C(NCCCCN1CCN(c2ccccc2)CC1)N1CCC(CC(=O)NC)CC1.I. The van der Waals surface area contributed by atoms with Crippen molar-refractivity contribution < 1.29 is 4.79 Å². The maximum absolute atomic E-state index is 11.6. The summed E-state index contributed by atoms with van der Waals surface area (Å²) in [6.07, 6.45) is 5.14. The van der Waals surface area contributed by atoms with E-state index in [9.17, 15) is 4.79 Å². The van der Waals surface area contributed by atoms with E-state index >= 15 is 0 Å². The number of anilines is 1. The van der Waals surface area contributed by atoms with Crippen molar-refractivity contribution in [1.82, 2.24) is 20.4 Å². The molecule has 1 amide bonds. The van der Waals surface area contributed by atoms with Gasteiger partial charge in [0.15, 0.2) is 5.96 Å². The molecule has 0 saturated carbocycles. The van der Waals surface area contributed by atoms with Gasteiger partial charge in [-0.15, -0.1) is 24.0 Å². The second-order valence-corrected chi connectivity index (χ2v) is 8.65. The molecule has 32 heavy (non-hydrogen) atoms. The average Bonchev–Trinajstić information content (AvgIpc) is 2.83. The fraction of sp³-hybridized carbons (Fsp3) is 0.667. The first-order chi connectivity index (χ1) is 15.2. The van der Waals surface area contributed by atoms with E-state index in [1.165, 1.54) is 18.7 Å². The van der Waals surface area contributed by atoms with E-state index in [4.69, 9.17) is 0 Å². The van der Waals surface area contributed by atoms with Crippen LogP contribution in [0, 0.1) is 5.92 Å². The van der Waals surface area contributed by atoms with E-state index < -0.39 is 0 Å². The Morgan fingerprint density at radius 1 is 1.03 bits per heavy atom. The number of nitrogens with one attached hydrogen (secondary N) is 2. The third-order valence-electron chi connectivity index (χ3n) is 6.56. The highest BCUT2D eigenvalue weighted by molar-refractivity contribution is 14.0. The highest BCUT2D eigenvalue weighted by Gasteiger charge is 2.23. The number of unbranched alkanes of at least 4 members (excludes halogenated alkanes) is 1. The van der Waals surface area contributed by atoms with Gasteiger partial charge in [0, 0.05) is 72.0 Å². The van der Waals surface area contributed by atoms with Gasteiger partial charge in [0.05, 0.1) is 0 Å². The molecule has 3 rings (SSSR count). The van der Waals surface area contributed by atoms with Crippen LogP contribution >= 0.6 is 24.0 Å². The van der Waals surface area contributed by atoms with E-state index in [1.807, 2.05) is 7.05 Å². The number of halogens is 1. The summed E-state index contributed by atoms with van der Waals surface area (Å²) < 4.78 is 0. The third-order valence-corrected chi connectivity index (χ3v) is 6.56. The Morgan fingerprint density at radius 2 is 1.72 bits per heavy atom.